The van der Waals surface area contributed by atoms with Gasteiger partial charge < -0.3 is 10.6 Å². The third kappa shape index (κ3) is 6.46. The van der Waals surface area contributed by atoms with Crippen LogP contribution in [-0.2, 0) is 5.41 Å². The Kier molecular flexibility index (Phi) is 9.29. The highest BCUT2D eigenvalue weighted by molar-refractivity contribution is 14.0. The van der Waals surface area contributed by atoms with Crippen LogP contribution < -0.4 is 10.6 Å². The van der Waals surface area contributed by atoms with Gasteiger partial charge in [-0.05, 0) is 36.5 Å². The first kappa shape index (κ1) is 21.1. The van der Waals surface area contributed by atoms with Crippen molar-refractivity contribution in [2.24, 2.45) is 4.99 Å². The molecule has 0 amide bonds. The Hall–Kier alpha value is 0.0500. The number of guanidine groups is 1. The van der Waals surface area contributed by atoms with Crippen LogP contribution >= 0.6 is 47.1 Å². The maximum atomic E-state index is 4.40. The Bertz CT molecular complexity index is 474. The molecule has 1 heterocycles. The second kappa shape index (κ2) is 10.1. The lowest BCUT2D eigenvalue weighted by molar-refractivity contribution is 0.512. The summed E-state index contributed by atoms with van der Waals surface area (Å²) in [5, 5.41) is 10.1. The lowest BCUT2D eigenvalue weighted by Crippen LogP contribution is -2.46. The monoisotopic (exact) mass is 467 g/mol. The Labute approximate surface area is 166 Å². The summed E-state index contributed by atoms with van der Waals surface area (Å²) in [5.74, 6) is 2.16. The summed E-state index contributed by atoms with van der Waals surface area (Å²) >= 11 is 3.92. The first-order chi connectivity index (χ1) is 10.5. The number of halogens is 1. The van der Waals surface area contributed by atoms with Gasteiger partial charge in [-0.25, -0.2) is 0 Å². The summed E-state index contributed by atoms with van der Waals surface area (Å²) in [6.07, 6.45) is 3.84. The molecule has 0 bridgehead atoms. The van der Waals surface area contributed by atoms with E-state index >= 15 is 0 Å². The minimum Gasteiger partial charge on any atom is -0.356 e. The van der Waals surface area contributed by atoms with Crippen LogP contribution in [0, 0.1) is 0 Å². The van der Waals surface area contributed by atoms with E-state index in [9.17, 15) is 0 Å². The topological polar surface area (TPSA) is 36.4 Å². The molecule has 2 atom stereocenters. The van der Waals surface area contributed by atoms with Gasteiger partial charge in [-0.1, -0.05) is 26.8 Å². The zero-order valence-electron chi connectivity index (χ0n) is 14.6. The number of nitrogens with one attached hydrogen (secondary N) is 2. The van der Waals surface area contributed by atoms with Gasteiger partial charge >= 0.3 is 0 Å². The fourth-order valence-electron chi connectivity index (χ4n) is 2.90. The summed E-state index contributed by atoms with van der Waals surface area (Å²) in [7, 11) is 1.86. The summed E-state index contributed by atoms with van der Waals surface area (Å²) in [4.78, 5) is 5.81. The highest BCUT2D eigenvalue weighted by Gasteiger charge is 2.26. The molecule has 1 fully saturated rings. The predicted octanol–water partition coefficient (Wildman–Crippen LogP) is 4.48. The van der Waals surface area contributed by atoms with Crippen LogP contribution in [0.3, 0.4) is 0 Å². The third-order valence-electron chi connectivity index (χ3n) is 4.24. The smallest absolute Gasteiger partial charge is 0.191 e. The maximum absolute atomic E-state index is 4.40. The molecule has 6 heteroatoms. The van der Waals surface area contributed by atoms with Crippen LogP contribution in [0.15, 0.2) is 22.5 Å². The van der Waals surface area contributed by atoms with Crippen molar-refractivity contribution in [2.45, 2.75) is 56.7 Å². The maximum Gasteiger partial charge on any atom is 0.191 e. The second-order valence-electron chi connectivity index (χ2n) is 6.52. The van der Waals surface area contributed by atoms with Crippen molar-refractivity contribution < 1.29 is 0 Å². The summed E-state index contributed by atoms with van der Waals surface area (Å²) in [6, 6.07) is 4.91. The molecule has 1 saturated carbocycles. The van der Waals surface area contributed by atoms with E-state index in [1.165, 1.54) is 29.9 Å². The predicted molar refractivity (Wildman–Crippen MR) is 117 cm³/mol. The normalized spacial score (nSPS) is 21.8. The highest BCUT2D eigenvalue weighted by Crippen LogP contribution is 2.30. The molecule has 1 aliphatic carbocycles. The number of thioether (sulfide) groups is 1. The van der Waals surface area contributed by atoms with Gasteiger partial charge in [0.25, 0.3) is 0 Å². The van der Waals surface area contributed by atoms with E-state index < -0.39 is 0 Å². The Morgan fingerprint density at radius 2 is 2.22 bits per heavy atom. The molecule has 2 N–H and O–H groups in total. The first-order valence-electron chi connectivity index (χ1n) is 8.18. The fraction of sp³-hybridized carbons (Fsp3) is 0.706. The van der Waals surface area contributed by atoms with E-state index in [0.29, 0.717) is 6.04 Å². The standard InChI is InChI=1S/C17H29N3S2.HI/c1-5-21-14-9-8-13(11-14)20-16(18-4)19-12-17(2,3)15-7-6-10-22-15;/h6-7,10,13-14H,5,8-9,11-12H2,1-4H3,(H2,18,19,20);1H. The van der Waals surface area contributed by atoms with Crippen LogP contribution in [0.25, 0.3) is 0 Å². The van der Waals surface area contributed by atoms with Crippen LogP contribution in [0.5, 0.6) is 0 Å². The van der Waals surface area contributed by atoms with Crippen LogP contribution in [0.4, 0.5) is 0 Å². The molecule has 1 aromatic heterocycles. The zero-order valence-corrected chi connectivity index (χ0v) is 18.6. The molecule has 0 aromatic carbocycles. The van der Waals surface area contributed by atoms with Crippen molar-refractivity contribution in [3.8, 4) is 0 Å². The minimum atomic E-state index is 0. The van der Waals surface area contributed by atoms with Crippen molar-refractivity contribution >= 4 is 53.0 Å². The molecule has 2 rings (SSSR count). The molecule has 23 heavy (non-hydrogen) atoms. The average Bonchev–Trinajstić information content (AvgIpc) is 3.16. The third-order valence-corrected chi connectivity index (χ3v) is 6.71. The van der Waals surface area contributed by atoms with E-state index in [2.05, 4.69) is 65.7 Å². The lowest BCUT2D eigenvalue weighted by atomic mass is 9.91. The number of hydrogen-bond donors (Lipinski definition) is 2. The van der Waals surface area contributed by atoms with Gasteiger partial charge in [0.1, 0.15) is 0 Å². The largest absolute Gasteiger partial charge is 0.356 e. The van der Waals surface area contributed by atoms with E-state index in [1.807, 2.05) is 18.4 Å². The number of nitrogens with zero attached hydrogens (tertiary/aromatic N) is 1. The Balaban J connectivity index is 0.00000264. The SMILES string of the molecule is CCSC1CCC(NC(=NC)NCC(C)(C)c2cccs2)C1.I. The minimum absolute atomic E-state index is 0. The lowest BCUT2D eigenvalue weighted by Gasteiger charge is -2.26. The van der Waals surface area contributed by atoms with Gasteiger partial charge in [0, 0.05) is 35.2 Å². The number of hydrogen-bond acceptors (Lipinski definition) is 3. The van der Waals surface area contributed by atoms with E-state index in [4.69, 9.17) is 0 Å². The van der Waals surface area contributed by atoms with Crippen molar-refractivity contribution in [1.29, 1.82) is 0 Å². The van der Waals surface area contributed by atoms with E-state index in [-0.39, 0.29) is 29.4 Å². The summed E-state index contributed by atoms with van der Waals surface area (Å²) in [5.41, 5.74) is 0.127. The average molecular weight is 467 g/mol. The van der Waals surface area contributed by atoms with Gasteiger partial charge in [-0.15, -0.1) is 35.3 Å². The molecular weight excluding hydrogens is 437 g/mol. The molecule has 0 radical (unpaired) electrons. The molecule has 3 nitrogen and oxygen atoms in total. The first-order valence-corrected chi connectivity index (χ1v) is 10.1. The molecule has 132 valence electrons. The Morgan fingerprint density at radius 3 is 2.83 bits per heavy atom. The van der Waals surface area contributed by atoms with Crippen LogP contribution in [-0.4, -0.2) is 36.6 Å². The van der Waals surface area contributed by atoms with Crippen molar-refractivity contribution in [2.75, 3.05) is 19.3 Å². The number of thiophene rings is 1. The van der Waals surface area contributed by atoms with Gasteiger partial charge in [0.15, 0.2) is 5.96 Å². The van der Waals surface area contributed by atoms with Crippen LogP contribution in [0.1, 0.15) is 44.9 Å². The van der Waals surface area contributed by atoms with E-state index in [0.717, 1.165) is 17.8 Å². The number of aliphatic imine (C=N–C) groups is 1. The zero-order chi connectivity index (χ0) is 16.0. The van der Waals surface area contributed by atoms with Crippen molar-refractivity contribution in [3.05, 3.63) is 22.4 Å². The molecule has 0 spiro atoms. The van der Waals surface area contributed by atoms with E-state index in [1.54, 1.807) is 0 Å². The van der Waals surface area contributed by atoms with Crippen molar-refractivity contribution in [3.63, 3.8) is 0 Å². The summed E-state index contributed by atoms with van der Waals surface area (Å²) < 4.78 is 0. The van der Waals surface area contributed by atoms with Gasteiger partial charge in [-0.2, -0.15) is 11.8 Å². The van der Waals surface area contributed by atoms with Crippen molar-refractivity contribution in [1.82, 2.24) is 10.6 Å². The number of rotatable bonds is 6. The molecule has 2 unspecified atom stereocenters. The molecule has 0 saturated heterocycles. The van der Waals surface area contributed by atoms with Gasteiger partial charge in [0.2, 0.25) is 0 Å². The van der Waals surface area contributed by atoms with Gasteiger partial charge in [-0.3, -0.25) is 4.99 Å². The quantitative estimate of drug-likeness (QED) is 0.368. The Morgan fingerprint density at radius 1 is 1.43 bits per heavy atom. The van der Waals surface area contributed by atoms with Crippen LogP contribution in [0.2, 0.25) is 0 Å². The molecule has 1 aliphatic rings. The second-order valence-corrected chi connectivity index (χ2v) is 9.04. The molecular formula is C17H30IN3S2. The van der Waals surface area contributed by atoms with Gasteiger partial charge in [0.05, 0.1) is 0 Å². The fourth-order valence-corrected chi connectivity index (χ4v) is 4.90. The molecule has 0 aliphatic heterocycles. The highest BCUT2D eigenvalue weighted by atomic mass is 127. The summed E-state index contributed by atoms with van der Waals surface area (Å²) in [6.45, 7) is 7.71. The molecule has 1 aromatic rings.